The van der Waals surface area contributed by atoms with Crippen molar-refractivity contribution in [1.82, 2.24) is 10.6 Å². The molecule has 2 amide bonds. The van der Waals surface area contributed by atoms with E-state index in [1.165, 1.54) is 6.92 Å². The van der Waals surface area contributed by atoms with Crippen LogP contribution in [0.5, 0.6) is 0 Å². The van der Waals surface area contributed by atoms with Crippen molar-refractivity contribution >= 4 is 11.8 Å². The average Bonchev–Trinajstić information content (AvgIpc) is 3.07. The molecule has 1 aromatic rings. The third-order valence-electron chi connectivity index (χ3n) is 4.42. The second kappa shape index (κ2) is 8.67. The number of aliphatic hydroxyl groups excluding tert-OH is 1. The highest BCUT2D eigenvalue weighted by Gasteiger charge is 2.24. The van der Waals surface area contributed by atoms with Gasteiger partial charge in [-0.25, -0.2) is 0 Å². The van der Waals surface area contributed by atoms with Crippen LogP contribution in [0, 0.1) is 5.92 Å². The van der Waals surface area contributed by atoms with Crippen molar-refractivity contribution in [1.29, 1.82) is 0 Å². The standard InChI is InChI=1S/C18H26N2O3/c1-13(21)20-16(14-7-3-2-4-8-14)11-18(23)19-12-17(22)15-9-5-6-10-15/h2-4,7-8,15-17,22H,5-6,9-12H2,1H3,(H,19,23)(H,20,21). The molecule has 0 bridgehead atoms. The highest BCUT2D eigenvalue weighted by molar-refractivity contribution is 5.79. The Bertz CT molecular complexity index is 512. The van der Waals surface area contributed by atoms with E-state index < -0.39 is 6.10 Å². The van der Waals surface area contributed by atoms with Crippen LogP contribution in [-0.2, 0) is 9.59 Å². The van der Waals surface area contributed by atoms with Gasteiger partial charge in [0.25, 0.3) is 0 Å². The highest BCUT2D eigenvalue weighted by Crippen LogP contribution is 2.27. The Hall–Kier alpha value is -1.88. The van der Waals surface area contributed by atoms with E-state index in [4.69, 9.17) is 0 Å². The van der Waals surface area contributed by atoms with E-state index in [0.29, 0.717) is 5.92 Å². The third-order valence-corrected chi connectivity index (χ3v) is 4.42. The molecular weight excluding hydrogens is 292 g/mol. The monoisotopic (exact) mass is 318 g/mol. The molecule has 126 valence electrons. The Morgan fingerprint density at radius 2 is 1.87 bits per heavy atom. The zero-order valence-electron chi connectivity index (χ0n) is 13.6. The fourth-order valence-electron chi connectivity index (χ4n) is 3.17. The fraction of sp³-hybridized carbons (Fsp3) is 0.556. The predicted octanol–water partition coefficient (Wildman–Crippen LogP) is 1.92. The minimum atomic E-state index is -0.475. The average molecular weight is 318 g/mol. The summed E-state index contributed by atoms with van der Waals surface area (Å²) >= 11 is 0. The number of nitrogens with one attached hydrogen (secondary N) is 2. The van der Waals surface area contributed by atoms with Gasteiger partial charge in [-0.2, -0.15) is 0 Å². The van der Waals surface area contributed by atoms with Crippen molar-refractivity contribution in [2.75, 3.05) is 6.54 Å². The van der Waals surface area contributed by atoms with Gasteiger partial charge < -0.3 is 15.7 Å². The van der Waals surface area contributed by atoms with E-state index in [-0.39, 0.29) is 30.8 Å². The number of hydrogen-bond donors (Lipinski definition) is 3. The predicted molar refractivity (Wildman–Crippen MR) is 88.6 cm³/mol. The molecule has 5 heteroatoms. The summed E-state index contributed by atoms with van der Waals surface area (Å²) in [5.74, 6) is -0.0298. The summed E-state index contributed by atoms with van der Waals surface area (Å²) in [5.41, 5.74) is 0.897. The number of carbonyl (C=O) groups is 2. The van der Waals surface area contributed by atoms with E-state index in [1.54, 1.807) is 0 Å². The molecule has 0 aliphatic heterocycles. The number of rotatable bonds is 7. The van der Waals surface area contributed by atoms with E-state index in [9.17, 15) is 14.7 Å². The Morgan fingerprint density at radius 1 is 1.22 bits per heavy atom. The van der Waals surface area contributed by atoms with Crippen LogP contribution >= 0.6 is 0 Å². The maximum Gasteiger partial charge on any atom is 0.222 e. The summed E-state index contributed by atoms with van der Waals surface area (Å²) in [5, 5.41) is 15.7. The van der Waals surface area contributed by atoms with Gasteiger partial charge in [0.2, 0.25) is 11.8 Å². The van der Waals surface area contributed by atoms with Gasteiger partial charge in [0, 0.05) is 13.5 Å². The molecule has 1 fully saturated rings. The number of carbonyl (C=O) groups excluding carboxylic acids is 2. The lowest BCUT2D eigenvalue weighted by atomic mass is 10.0. The number of benzene rings is 1. The molecule has 0 spiro atoms. The topological polar surface area (TPSA) is 78.4 Å². The second-order valence-corrected chi connectivity index (χ2v) is 6.28. The number of amides is 2. The Labute approximate surface area is 137 Å². The fourth-order valence-corrected chi connectivity index (χ4v) is 3.17. The first-order chi connectivity index (χ1) is 11.1. The molecule has 0 saturated heterocycles. The molecule has 1 aliphatic carbocycles. The molecule has 2 atom stereocenters. The Morgan fingerprint density at radius 3 is 2.48 bits per heavy atom. The van der Waals surface area contributed by atoms with Crippen molar-refractivity contribution in [2.24, 2.45) is 5.92 Å². The first-order valence-corrected chi connectivity index (χ1v) is 8.33. The first-order valence-electron chi connectivity index (χ1n) is 8.33. The van der Waals surface area contributed by atoms with Gasteiger partial charge in [-0.1, -0.05) is 43.2 Å². The molecule has 0 radical (unpaired) electrons. The normalized spacial score (nSPS) is 17.5. The van der Waals surface area contributed by atoms with Gasteiger partial charge in [-0.05, 0) is 24.3 Å². The van der Waals surface area contributed by atoms with Crippen LogP contribution in [0.3, 0.4) is 0 Å². The largest absolute Gasteiger partial charge is 0.391 e. The maximum absolute atomic E-state index is 12.2. The molecule has 5 nitrogen and oxygen atoms in total. The highest BCUT2D eigenvalue weighted by atomic mass is 16.3. The smallest absolute Gasteiger partial charge is 0.222 e. The number of aliphatic hydroxyl groups is 1. The molecule has 2 unspecified atom stereocenters. The van der Waals surface area contributed by atoms with E-state index in [2.05, 4.69) is 10.6 Å². The van der Waals surface area contributed by atoms with Crippen LogP contribution in [0.15, 0.2) is 30.3 Å². The molecule has 1 aliphatic rings. The molecule has 2 rings (SSSR count). The van der Waals surface area contributed by atoms with E-state index >= 15 is 0 Å². The van der Waals surface area contributed by atoms with Gasteiger partial charge in [-0.3, -0.25) is 9.59 Å². The summed E-state index contributed by atoms with van der Waals surface area (Å²) in [6.07, 6.45) is 4.09. The molecule has 1 aromatic carbocycles. The summed E-state index contributed by atoms with van der Waals surface area (Å²) in [6.45, 7) is 1.72. The zero-order chi connectivity index (χ0) is 16.7. The zero-order valence-corrected chi connectivity index (χ0v) is 13.6. The third kappa shape index (κ3) is 5.67. The molecule has 0 heterocycles. The van der Waals surface area contributed by atoms with E-state index in [1.807, 2.05) is 30.3 Å². The lowest BCUT2D eigenvalue weighted by molar-refractivity contribution is -0.123. The molecule has 23 heavy (non-hydrogen) atoms. The van der Waals surface area contributed by atoms with Crippen molar-refractivity contribution in [3.63, 3.8) is 0 Å². The minimum Gasteiger partial charge on any atom is -0.391 e. The summed E-state index contributed by atoms with van der Waals surface area (Å²) in [6, 6.07) is 9.09. The summed E-state index contributed by atoms with van der Waals surface area (Å²) in [4.78, 5) is 23.5. The van der Waals surface area contributed by atoms with E-state index in [0.717, 1.165) is 31.2 Å². The first kappa shape index (κ1) is 17.5. The van der Waals surface area contributed by atoms with Crippen LogP contribution in [0.2, 0.25) is 0 Å². The van der Waals surface area contributed by atoms with Crippen molar-refractivity contribution in [3.8, 4) is 0 Å². The quantitative estimate of drug-likeness (QED) is 0.719. The van der Waals surface area contributed by atoms with Gasteiger partial charge in [0.1, 0.15) is 0 Å². The Balaban J connectivity index is 1.86. The van der Waals surface area contributed by atoms with Crippen LogP contribution in [-0.4, -0.2) is 29.6 Å². The van der Waals surface area contributed by atoms with Crippen LogP contribution in [0.1, 0.15) is 50.6 Å². The van der Waals surface area contributed by atoms with Gasteiger partial charge in [0.15, 0.2) is 0 Å². The minimum absolute atomic E-state index is 0.162. The van der Waals surface area contributed by atoms with Crippen molar-refractivity contribution in [2.45, 2.75) is 51.2 Å². The molecule has 1 saturated carbocycles. The van der Waals surface area contributed by atoms with Gasteiger partial charge in [-0.15, -0.1) is 0 Å². The van der Waals surface area contributed by atoms with Gasteiger partial charge in [0.05, 0.1) is 18.6 Å². The maximum atomic E-state index is 12.2. The lowest BCUT2D eigenvalue weighted by Gasteiger charge is -2.20. The van der Waals surface area contributed by atoms with Gasteiger partial charge >= 0.3 is 0 Å². The van der Waals surface area contributed by atoms with Crippen molar-refractivity contribution < 1.29 is 14.7 Å². The van der Waals surface area contributed by atoms with Crippen molar-refractivity contribution in [3.05, 3.63) is 35.9 Å². The molecule has 3 N–H and O–H groups in total. The van der Waals surface area contributed by atoms with Crippen LogP contribution < -0.4 is 10.6 Å². The summed E-state index contributed by atoms with van der Waals surface area (Å²) < 4.78 is 0. The number of hydrogen-bond acceptors (Lipinski definition) is 3. The molecule has 0 aromatic heterocycles. The van der Waals surface area contributed by atoms with Crippen LogP contribution in [0.25, 0.3) is 0 Å². The SMILES string of the molecule is CC(=O)NC(CC(=O)NCC(O)C1CCCC1)c1ccccc1. The second-order valence-electron chi connectivity index (χ2n) is 6.28. The lowest BCUT2D eigenvalue weighted by Crippen LogP contribution is -2.38. The van der Waals surface area contributed by atoms with Crippen LogP contribution in [0.4, 0.5) is 0 Å². The summed E-state index contributed by atoms with van der Waals surface area (Å²) in [7, 11) is 0. The molecular formula is C18H26N2O3. The Kier molecular flexibility index (Phi) is 6.59.